The van der Waals surface area contributed by atoms with Crippen LogP contribution in [0.4, 0.5) is 0 Å². The van der Waals surface area contributed by atoms with E-state index in [9.17, 15) is 4.79 Å². The molecule has 0 aliphatic carbocycles. The summed E-state index contributed by atoms with van der Waals surface area (Å²) in [7, 11) is 1.39. The van der Waals surface area contributed by atoms with Gasteiger partial charge in [0.15, 0.2) is 0 Å². The lowest BCUT2D eigenvalue weighted by molar-refractivity contribution is -0.143. The molecule has 0 aliphatic rings. The summed E-state index contributed by atoms with van der Waals surface area (Å²) in [5.41, 5.74) is 0.832. The van der Waals surface area contributed by atoms with Crippen LogP contribution in [0.5, 0.6) is 0 Å². The summed E-state index contributed by atoms with van der Waals surface area (Å²) in [5, 5.41) is 3.81. The zero-order valence-corrected chi connectivity index (χ0v) is 13.0. The van der Waals surface area contributed by atoms with Crippen molar-refractivity contribution >= 4 is 33.5 Å². The predicted molar refractivity (Wildman–Crippen MR) is 76.7 cm³/mol. The maximum atomic E-state index is 11.8. The Morgan fingerprint density at radius 3 is 2.67 bits per heavy atom. The lowest BCUT2D eigenvalue weighted by Crippen LogP contribution is -2.32. The molecule has 3 nitrogen and oxygen atoms in total. The highest BCUT2D eigenvalue weighted by molar-refractivity contribution is 9.10. The van der Waals surface area contributed by atoms with Gasteiger partial charge in [-0.1, -0.05) is 31.5 Å². The van der Waals surface area contributed by atoms with Crippen LogP contribution in [0.25, 0.3) is 0 Å². The van der Waals surface area contributed by atoms with E-state index in [1.54, 1.807) is 6.07 Å². The normalized spacial score (nSPS) is 12.6. The second-order valence-electron chi connectivity index (χ2n) is 4.43. The number of ether oxygens (including phenoxy) is 1. The Labute approximate surface area is 121 Å². The van der Waals surface area contributed by atoms with Crippen LogP contribution in [0.3, 0.4) is 0 Å². The molecule has 0 saturated heterocycles. The third-order valence-corrected chi connectivity index (χ3v) is 3.66. The van der Waals surface area contributed by atoms with E-state index in [1.165, 1.54) is 7.11 Å². The van der Waals surface area contributed by atoms with Gasteiger partial charge in [0.1, 0.15) is 6.04 Å². The van der Waals surface area contributed by atoms with E-state index in [0.29, 0.717) is 10.9 Å². The molecule has 5 heteroatoms. The molecule has 1 unspecified atom stereocenters. The number of nitrogens with one attached hydrogen (secondary N) is 1. The topological polar surface area (TPSA) is 38.3 Å². The number of hydrogen-bond donors (Lipinski definition) is 1. The fraction of sp³-hybridized carbons (Fsp3) is 0.462. The van der Waals surface area contributed by atoms with E-state index >= 15 is 0 Å². The summed E-state index contributed by atoms with van der Waals surface area (Å²) in [6, 6.07) is 4.94. The van der Waals surface area contributed by atoms with Crippen LogP contribution in [0.1, 0.15) is 25.5 Å². The maximum Gasteiger partial charge on any atom is 0.327 e. The van der Waals surface area contributed by atoms with Gasteiger partial charge >= 0.3 is 5.97 Å². The van der Waals surface area contributed by atoms with E-state index in [4.69, 9.17) is 16.3 Å². The summed E-state index contributed by atoms with van der Waals surface area (Å²) >= 11 is 9.30. The van der Waals surface area contributed by atoms with Gasteiger partial charge in [-0.05, 0) is 46.1 Å². The third kappa shape index (κ3) is 4.26. The molecule has 100 valence electrons. The summed E-state index contributed by atoms with van der Waals surface area (Å²) in [5.74, 6) is 0.151. The van der Waals surface area contributed by atoms with Gasteiger partial charge in [-0.25, -0.2) is 4.79 Å². The minimum Gasteiger partial charge on any atom is -0.468 e. The standard InChI is InChI=1S/C13H17BrClNO2/c1-8(2)7-16-12(13(17)18-3)9-4-5-11(15)10(14)6-9/h4-6,8,12,16H,7H2,1-3H3. The van der Waals surface area contributed by atoms with Crippen LogP contribution >= 0.6 is 27.5 Å². The Bertz CT molecular complexity index is 423. The predicted octanol–water partition coefficient (Wildman–Crippen LogP) is 3.56. The highest BCUT2D eigenvalue weighted by atomic mass is 79.9. The first-order chi connectivity index (χ1) is 8.45. The fourth-order valence-corrected chi connectivity index (χ4v) is 2.01. The van der Waals surface area contributed by atoms with Crippen molar-refractivity contribution in [2.24, 2.45) is 5.92 Å². The number of carbonyl (C=O) groups excluding carboxylic acids is 1. The summed E-state index contributed by atoms with van der Waals surface area (Å²) in [4.78, 5) is 11.8. The SMILES string of the molecule is COC(=O)C(NCC(C)C)c1ccc(Cl)c(Br)c1. The van der Waals surface area contributed by atoms with Gasteiger partial charge < -0.3 is 10.1 Å². The second kappa shape index (κ2) is 7.12. The van der Waals surface area contributed by atoms with Gasteiger partial charge in [0, 0.05) is 4.47 Å². The number of hydrogen-bond acceptors (Lipinski definition) is 3. The van der Waals surface area contributed by atoms with Gasteiger partial charge in [-0.3, -0.25) is 0 Å². The first-order valence-corrected chi connectivity index (χ1v) is 6.89. The largest absolute Gasteiger partial charge is 0.468 e. The molecule has 0 saturated carbocycles. The molecule has 0 aliphatic heterocycles. The zero-order valence-electron chi connectivity index (χ0n) is 10.7. The molecule has 0 bridgehead atoms. The molecular weight excluding hydrogens is 318 g/mol. The molecular formula is C13H17BrClNO2. The summed E-state index contributed by atoms with van der Waals surface area (Å²) in [6.45, 7) is 4.90. The van der Waals surface area contributed by atoms with Crippen molar-refractivity contribution in [3.8, 4) is 0 Å². The van der Waals surface area contributed by atoms with E-state index in [1.807, 2.05) is 12.1 Å². The Morgan fingerprint density at radius 1 is 1.50 bits per heavy atom. The van der Waals surface area contributed by atoms with Crippen molar-refractivity contribution in [3.63, 3.8) is 0 Å². The van der Waals surface area contributed by atoms with E-state index in [-0.39, 0.29) is 5.97 Å². The molecule has 1 N–H and O–H groups in total. The molecule has 0 aromatic heterocycles. The van der Waals surface area contributed by atoms with Crippen molar-refractivity contribution in [2.75, 3.05) is 13.7 Å². The Kier molecular flexibility index (Phi) is 6.12. The first kappa shape index (κ1) is 15.5. The van der Waals surface area contributed by atoms with Gasteiger partial charge in [-0.2, -0.15) is 0 Å². The van der Waals surface area contributed by atoms with E-state index in [2.05, 4.69) is 35.1 Å². The number of carbonyl (C=O) groups is 1. The van der Waals surface area contributed by atoms with Crippen LogP contribution in [-0.2, 0) is 9.53 Å². The third-order valence-electron chi connectivity index (χ3n) is 2.44. The monoisotopic (exact) mass is 333 g/mol. The lowest BCUT2D eigenvalue weighted by Gasteiger charge is -2.18. The maximum absolute atomic E-state index is 11.8. The van der Waals surface area contributed by atoms with Crippen LogP contribution in [0.15, 0.2) is 22.7 Å². The molecule has 0 radical (unpaired) electrons. The lowest BCUT2D eigenvalue weighted by atomic mass is 10.1. The molecule has 1 aromatic rings. The first-order valence-electron chi connectivity index (χ1n) is 5.72. The molecule has 18 heavy (non-hydrogen) atoms. The van der Waals surface area contributed by atoms with Gasteiger partial charge in [0.2, 0.25) is 0 Å². The average molecular weight is 335 g/mol. The van der Waals surface area contributed by atoms with Crippen molar-refractivity contribution < 1.29 is 9.53 Å². The van der Waals surface area contributed by atoms with Crippen LogP contribution < -0.4 is 5.32 Å². The number of benzene rings is 1. The van der Waals surface area contributed by atoms with Gasteiger partial charge in [-0.15, -0.1) is 0 Å². The molecule has 0 fully saturated rings. The number of rotatable bonds is 5. The molecule has 0 spiro atoms. The fourth-order valence-electron chi connectivity index (χ4n) is 1.50. The molecule has 1 atom stereocenters. The number of methoxy groups -OCH3 is 1. The smallest absolute Gasteiger partial charge is 0.327 e. The number of esters is 1. The highest BCUT2D eigenvalue weighted by Gasteiger charge is 2.21. The Balaban J connectivity index is 2.94. The summed E-state index contributed by atoms with van der Waals surface area (Å²) in [6.07, 6.45) is 0. The Hall–Kier alpha value is -0.580. The average Bonchev–Trinajstić information content (AvgIpc) is 2.33. The van der Waals surface area contributed by atoms with Crippen molar-refractivity contribution in [3.05, 3.63) is 33.3 Å². The molecule has 0 heterocycles. The van der Waals surface area contributed by atoms with Crippen LogP contribution in [0.2, 0.25) is 5.02 Å². The van der Waals surface area contributed by atoms with Crippen molar-refractivity contribution in [1.29, 1.82) is 0 Å². The van der Waals surface area contributed by atoms with Crippen LogP contribution in [0, 0.1) is 5.92 Å². The highest BCUT2D eigenvalue weighted by Crippen LogP contribution is 2.26. The number of halogens is 2. The zero-order chi connectivity index (χ0) is 13.7. The molecule has 0 amide bonds. The van der Waals surface area contributed by atoms with Gasteiger partial charge in [0.05, 0.1) is 12.1 Å². The minimum atomic E-state index is -0.467. The van der Waals surface area contributed by atoms with Crippen molar-refractivity contribution in [2.45, 2.75) is 19.9 Å². The van der Waals surface area contributed by atoms with Crippen molar-refractivity contribution in [1.82, 2.24) is 5.32 Å². The molecule has 1 rings (SSSR count). The Morgan fingerprint density at radius 2 is 2.17 bits per heavy atom. The van der Waals surface area contributed by atoms with E-state index in [0.717, 1.165) is 16.6 Å². The molecule has 1 aromatic carbocycles. The minimum absolute atomic E-state index is 0.301. The summed E-state index contributed by atoms with van der Waals surface area (Å²) < 4.78 is 5.59. The van der Waals surface area contributed by atoms with Gasteiger partial charge in [0.25, 0.3) is 0 Å². The van der Waals surface area contributed by atoms with Crippen LogP contribution in [-0.4, -0.2) is 19.6 Å². The van der Waals surface area contributed by atoms with E-state index < -0.39 is 6.04 Å². The second-order valence-corrected chi connectivity index (χ2v) is 5.69. The quantitative estimate of drug-likeness (QED) is 0.837.